The van der Waals surface area contributed by atoms with E-state index in [2.05, 4.69) is 62.3 Å². The molecule has 0 saturated heterocycles. The zero-order valence-corrected chi connectivity index (χ0v) is 15.2. The molecule has 0 aromatic carbocycles. The molecule has 17 heavy (non-hydrogen) atoms. The summed E-state index contributed by atoms with van der Waals surface area (Å²) >= 11 is 6.16. The Morgan fingerprint density at radius 3 is 0.882 bits per heavy atom. The fraction of sp³-hybridized carbons (Fsp3) is 1.00. The zero-order chi connectivity index (χ0) is 14.1. The van der Waals surface area contributed by atoms with E-state index in [1.54, 1.807) is 0 Å². The average Bonchev–Trinajstić information content (AvgIpc) is 1.65. The molecule has 0 spiro atoms. The Bertz CT molecular complexity index is 236. The summed E-state index contributed by atoms with van der Waals surface area (Å²) in [4.78, 5) is 0. The molecular weight excluding hydrogens is 243 g/mol. The van der Waals surface area contributed by atoms with Gasteiger partial charge in [-0.25, -0.2) is 0 Å². The minimum absolute atomic E-state index is 0.367. The van der Waals surface area contributed by atoms with E-state index < -0.39 is 6.04 Å². The van der Waals surface area contributed by atoms with E-state index >= 15 is 0 Å². The lowest BCUT2D eigenvalue weighted by Gasteiger charge is -2.38. The summed E-state index contributed by atoms with van der Waals surface area (Å²) in [5.41, 5.74) is 1.10. The fourth-order valence-corrected chi connectivity index (χ4v) is 11.8. The Morgan fingerprint density at radius 2 is 0.765 bits per heavy atom. The van der Waals surface area contributed by atoms with E-state index in [9.17, 15) is 0 Å². The molecule has 0 N–H and O–H groups in total. The average molecular weight is 276 g/mol. The summed E-state index contributed by atoms with van der Waals surface area (Å²) in [6, 6.07) is -1.25. The van der Waals surface area contributed by atoms with Crippen LogP contribution in [0.1, 0.15) is 62.3 Å². The van der Waals surface area contributed by atoms with Gasteiger partial charge in [0, 0.05) is 0 Å². The second kappa shape index (κ2) is 5.33. The molecule has 0 unspecified atom stereocenters. The van der Waals surface area contributed by atoms with E-state index in [4.69, 9.17) is 11.8 Å². The molecule has 0 heterocycles. The molecule has 0 aliphatic carbocycles. The first kappa shape index (κ1) is 17.6. The van der Waals surface area contributed by atoms with Crippen LogP contribution in [-0.4, -0.2) is 18.5 Å². The molecule has 0 aliphatic rings. The Kier molecular flexibility index (Phi) is 5.54. The van der Waals surface area contributed by atoms with Crippen LogP contribution in [-0.2, 0) is 11.8 Å². The fourth-order valence-electron chi connectivity index (χ4n) is 2.76. The van der Waals surface area contributed by atoms with Crippen molar-refractivity contribution in [1.82, 2.24) is 0 Å². The molecule has 0 aromatic rings. The SMILES string of the molecule is CC(C)(C)CP(=S)(CC(C)(C)C)CC(C)(C)C. The van der Waals surface area contributed by atoms with E-state index in [0.717, 1.165) is 0 Å². The van der Waals surface area contributed by atoms with Crippen molar-refractivity contribution in [3.05, 3.63) is 0 Å². The Hall–Kier alpha value is 0.650. The van der Waals surface area contributed by atoms with Gasteiger partial charge >= 0.3 is 0 Å². The topological polar surface area (TPSA) is 0 Å². The van der Waals surface area contributed by atoms with Crippen molar-refractivity contribution in [1.29, 1.82) is 0 Å². The van der Waals surface area contributed by atoms with Crippen LogP contribution in [0.25, 0.3) is 0 Å². The third kappa shape index (κ3) is 10.3. The minimum Gasteiger partial charge on any atom is -0.0974 e. The van der Waals surface area contributed by atoms with Gasteiger partial charge < -0.3 is 0 Å². The predicted molar refractivity (Wildman–Crippen MR) is 87.3 cm³/mol. The maximum atomic E-state index is 6.16. The lowest BCUT2D eigenvalue weighted by atomic mass is 9.99. The molecule has 2 heteroatoms. The normalized spacial score (nSPS) is 15.1. The van der Waals surface area contributed by atoms with Crippen LogP contribution in [0.3, 0.4) is 0 Å². The molecule has 0 rings (SSSR count). The summed E-state index contributed by atoms with van der Waals surface area (Å²) in [6.45, 7) is 21.0. The smallest absolute Gasteiger partial charge is 0.0185 e. The van der Waals surface area contributed by atoms with E-state index in [0.29, 0.717) is 16.2 Å². The second-order valence-electron chi connectivity index (χ2n) is 9.21. The van der Waals surface area contributed by atoms with Gasteiger partial charge in [-0.2, -0.15) is 0 Å². The Labute approximate surface area is 115 Å². The van der Waals surface area contributed by atoms with Crippen molar-refractivity contribution in [3.8, 4) is 0 Å². The molecule has 0 amide bonds. The number of rotatable bonds is 3. The minimum atomic E-state index is -1.25. The first-order valence-corrected chi connectivity index (χ1v) is 10.0. The summed E-state index contributed by atoms with van der Waals surface area (Å²) in [5.74, 6) is 0. The lowest BCUT2D eigenvalue weighted by molar-refractivity contribution is 0.441. The number of hydrogen-bond acceptors (Lipinski definition) is 1. The third-order valence-electron chi connectivity index (χ3n) is 2.29. The van der Waals surface area contributed by atoms with Crippen LogP contribution in [0.15, 0.2) is 0 Å². The van der Waals surface area contributed by atoms with Gasteiger partial charge in [0.05, 0.1) is 0 Å². The van der Waals surface area contributed by atoms with Crippen molar-refractivity contribution in [2.24, 2.45) is 16.2 Å². The summed E-state index contributed by atoms with van der Waals surface area (Å²) in [5, 5.41) is 0. The van der Waals surface area contributed by atoms with Gasteiger partial charge in [0.25, 0.3) is 0 Å². The van der Waals surface area contributed by atoms with Crippen LogP contribution in [0, 0.1) is 16.2 Å². The van der Waals surface area contributed by atoms with Gasteiger partial charge in [0.15, 0.2) is 0 Å². The maximum Gasteiger partial charge on any atom is -0.0185 e. The molecule has 0 bridgehead atoms. The highest BCUT2D eigenvalue weighted by Crippen LogP contribution is 2.57. The van der Waals surface area contributed by atoms with Gasteiger partial charge in [-0.3, -0.25) is 0 Å². The van der Waals surface area contributed by atoms with Gasteiger partial charge in [0.2, 0.25) is 0 Å². The van der Waals surface area contributed by atoms with Crippen molar-refractivity contribution >= 4 is 17.8 Å². The van der Waals surface area contributed by atoms with Crippen LogP contribution in [0.5, 0.6) is 0 Å². The summed E-state index contributed by atoms with van der Waals surface area (Å²) in [6.07, 6.45) is 3.72. The third-order valence-corrected chi connectivity index (χ3v) is 8.02. The highest BCUT2D eigenvalue weighted by Gasteiger charge is 2.32. The molecule has 0 aliphatic heterocycles. The maximum absolute atomic E-state index is 6.16. The van der Waals surface area contributed by atoms with E-state index in [1.165, 1.54) is 18.5 Å². The highest BCUT2D eigenvalue weighted by molar-refractivity contribution is 8.14. The van der Waals surface area contributed by atoms with Gasteiger partial charge in [-0.05, 0) is 40.8 Å². The molecule has 0 saturated carbocycles. The zero-order valence-electron chi connectivity index (χ0n) is 13.5. The van der Waals surface area contributed by atoms with Gasteiger partial charge in [-0.1, -0.05) is 74.1 Å². The number of hydrogen-bond donors (Lipinski definition) is 0. The first-order valence-electron chi connectivity index (χ1n) is 6.69. The van der Waals surface area contributed by atoms with Gasteiger partial charge in [-0.15, -0.1) is 0 Å². The van der Waals surface area contributed by atoms with Crippen molar-refractivity contribution in [2.75, 3.05) is 18.5 Å². The summed E-state index contributed by atoms with van der Waals surface area (Å²) in [7, 11) is 0. The van der Waals surface area contributed by atoms with E-state index in [-0.39, 0.29) is 0 Å². The standard InChI is InChI=1S/C15H33PS/c1-13(2,3)10-16(17,11-14(4,5)6)12-15(7,8)9/h10-12H2,1-9H3. The molecule has 0 aromatic heterocycles. The van der Waals surface area contributed by atoms with Crippen molar-refractivity contribution in [2.45, 2.75) is 62.3 Å². The van der Waals surface area contributed by atoms with E-state index in [1.807, 2.05) is 0 Å². The first-order chi connectivity index (χ1) is 7.12. The van der Waals surface area contributed by atoms with Crippen LogP contribution in [0.2, 0.25) is 0 Å². The van der Waals surface area contributed by atoms with Crippen LogP contribution >= 0.6 is 6.04 Å². The second-order valence-corrected chi connectivity index (χ2v) is 14.6. The van der Waals surface area contributed by atoms with Crippen LogP contribution < -0.4 is 0 Å². The van der Waals surface area contributed by atoms with Crippen LogP contribution in [0.4, 0.5) is 0 Å². The highest BCUT2D eigenvalue weighted by atomic mass is 32.4. The molecular formula is C15H33PS. The van der Waals surface area contributed by atoms with Crippen molar-refractivity contribution < 1.29 is 0 Å². The molecule has 0 nitrogen and oxygen atoms in total. The molecule has 0 radical (unpaired) electrons. The molecule has 0 atom stereocenters. The van der Waals surface area contributed by atoms with Gasteiger partial charge in [0.1, 0.15) is 0 Å². The Morgan fingerprint density at radius 1 is 0.588 bits per heavy atom. The molecule has 0 fully saturated rings. The quantitative estimate of drug-likeness (QED) is 0.604. The largest absolute Gasteiger partial charge is 0.0974 e. The molecule has 104 valence electrons. The Balaban J connectivity index is 5.03. The van der Waals surface area contributed by atoms with Crippen molar-refractivity contribution in [3.63, 3.8) is 0 Å². The lowest BCUT2D eigenvalue weighted by Crippen LogP contribution is -2.25. The summed E-state index contributed by atoms with van der Waals surface area (Å²) < 4.78 is 0. The monoisotopic (exact) mass is 276 g/mol. The predicted octanol–water partition coefficient (Wildman–Crippen LogP) is 5.60.